The van der Waals surface area contributed by atoms with Gasteiger partial charge >= 0.3 is 0 Å². The Labute approximate surface area is 114 Å². The third-order valence-corrected chi connectivity index (χ3v) is 3.90. The average Bonchev–Trinajstić information content (AvgIpc) is 2.42. The minimum Gasteiger partial charge on any atom is -0.302 e. The van der Waals surface area contributed by atoms with Gasteiger partial charge in [0.15, 0.2) is 0 Å². The number of rotatable bonds is 4. The molecule has 0 heterocycles. The highest BCUT2D eigenvalue weighted by Gasteiger charge is 2.15. The van der Waals surface area contributed by atoms with Crippen LogP contribution in [0.2, 0.25) is 0 Å². The molecule has 0 radical (unpaired) electrons. The van der Waals surface area contributed by atoms with Crippen molar-refractivity contribution in [2.24, 2.45) is 5.92 Å². The predicted octanol–water partition coefficient (Wildman–Crippen LogP) is 3.71. The maximum Gasteiger partial charge on any atom is 0.140 e. The van der Waals surface area contributed by atoms with Gasteiger partial charge in [0.05, 0.1) is 5.56 Å². The molecule has 1 aliphatic carbocycles. The second-order valence-electron chi connectivity index (χ2n) is 5.63. The van der Waals surface area contributed by atoms with Crippen LogP contribution in [-0.4, -0.2) is 18.5 Å². The molecule has 2 nitrogen and oxygen atoms in total. The Kier molecular flexibility index (Phi) is 4.93. The van der Waals surface area contributed by atoms with Gasteiger partial charge in [0.1, 0.15) is 11.9 Å². The molecule has 0 bridgehead atoms. The SMILES string of the molecule is CN(Cc1ccc(F)c(C#N)c1)CC1CCCCC1. The van der Waals surface area contributed by atoms with E-state index in [1.54, 1.807) is 12.1 Å². The standard InChI is InChI=1S/C16H21FN2/c1-19(11-13-5-3-2-4-6-13)12-14-7-8-16(17)15(9-14)10-18/h7-9,13H,2-6,11-12H2,1H3. The van der Waals surface area contributed by atoms with Crippen LogP contribution in [0.4, 0.5) is 4.39 Å². The molecule has 0 aliphatic heterocycles. The highest BCUT2D eigenvalue weighted by molar-refractivity contribution is 5.34. The van der Waals surface area contributed by atoms with Crippen LogP contribution in [0.25, 0.3) is 0 Å². The Bertz CT molecular complexity index is 458. The normalized spacial score (nSPS) is 16.5. The molecule has 1 fully saturated rings. The van der Waals surface area contributed by atoms with Crippen molar-refractivity contribution >= 4 is 0 Å². The van der Waals surface area contributed by atoms with E-state index in [4.69, 9.17) is 5.26 Å². The maximum absolute atomic E-state index is 13.2. The fraction of sp³-hybridized carbons (Fsp3) is 0.562. The van der Waals surface area contributed by atoms with Crippen molar-refractivity contribution in [1.29, 1.82) is 5.26 Å². The van der Waals surface area contributed by atoms with Crippen LogP contribution >= 0.6 is 0 Å². The molecule has 1 saturated carbocycles. The van der Waals surface area contributed by atoms with Gasteiger partial charge in [0.25, 0.3) is 0 Å². The van der Waals surface area contributed by atoms with Gasteiger partial charge in [0.2, 0.25) is 0 Å². The lowest BCUT2D eigenvalue weighted by molar-refractivity contribution is 0.228. The molecule has 0 atom stereocenters. The molecule has 102 valence electrons. The number of hydrogen-bond donors (Lipinski definition) is 0. The third-order valence-electron chi connectivity index (χ3n) is 3.90. The Morgan fingerprint density at radius 2 is 2.05 bits per heavy atom. The zero-order chi connectivity index (χ0) is 13.7. The van der Waals surface area contributed by atoms with E-state index < -0.39 is 5.82 Å². The molecule has 3 heteroatoms. The number of benzene rings is 1. The maximum atomic E-state index is 13.2. The fourth-order valence-electron chi connectivity index (χ4n) is 2.94. The van der Waals surface area contributed by atoms with E-state index in [1.807, 2.05) is 6.07 Å². The van der Waals surface area contributed by atoms with Crippen molar-refractivity contribution in [3.63, 3.8) is 0 Å². The number of halogens is 1. The van der Waals surface area contributed by atoms with E-state index >= 15 is 0 Å². The Morgan fingerprint density at radius 3 is 2.74 bits per heavy atom. The molecular formula is C16H21FN2. The first-order valence-corrected chi connectivity index (χ1v) is 7.06. The van der Waals surface area contributed by atoms with Crippen molar-refractivity contribution < 1.29 is 4.39 Å². The quantitative estimate of drug-likeness (QED) is 0.825. The summed E-state index contributed by atoms with van der Waals surface area (Å²) in [5.41, 5.74) is 1.15. The van der Waals surface area contributed by atoms with Crippen LogP contribution in [0.5, 0.6) is 0 Å². The first-order chi connectivity index (χ1) is 9.19. The van der Waals surface area contributed by atoms with Crippen molar-refractivity contribution in [3.8, 4) is 6.07 Å². The van der Waals surface area contributed by atoms with Crippen LogP contribution < -0.4 is 0 Å². The number of hydrogen-bond acceptors (Lipinski definition) is 2. The lowest BCUT2D eigenvalue weighted by atomic mass is 9.89. The van der Waals surface area contributed by atoms with Gasteiger partial charge in [-0.25, -0.2) is 4.39 Å². The van der Waals surface area contributed by atoms with Crippen LogP contribution in [0, 0.1) is 23.1 Å². The molecule has 0 saturated heterocycles. The Morgan fingerprint density at radius 1 is 1.32 bits per heavy atom. The summed E-state index contributed by atoms with van der Waals surface area (Å²) in [6.07, 6.45) is 6.75. The average molecular weight is 260 g/mol. The zero-order valence-corrected chi connectivity index (χ0v) is 11.5. The third kappa shape index (κ3) is 4.04. The van der Waals surface area contributed by atoms with Crippen LogP contribution in [0.15, 0.2) is 18.2 Å². The van der Waals surface area contributed by atoms with Crippen molar-refractivity contribution in [2.75, 3.05) is 13.6 Å². The van der Waals surface area contributed by atoms with Crippen molar-refractivity contribution in [2.45, 2.75) is 38.6 Å². The summed E-state index contributed by atoms with van der Waals surface area (Å²) in [5.74, 6) is 0.371. The molecule has 0 unspecified atom stereocenters. The first kappa shape index (κ1) is 14.0. The van der Waals surface area contributed by atoms with Gasteiger partial charge in [-0.05, 0) is 43.5 Å². The summed E-state index contributed by atoms with van der Waals surface area (Å²) < 4.78 is 13.2. The summed E-state index contributed by atoms with van der Waals surface area (Å²) in [4.78, 5) is 2.28. The van der Waals surface area contributed by atoms with Gasteiger partial charge < -0.3 is 4.90 Å². The second-order valence-corrected chi connectivity index (χ2v) is 5.63. The Balaban J connectivity index is 1.91. The Hall–Kier alpha value is -1.40. The summed E-state index contributed by atoms with van der Waals surface area (Å²) in [7, 11) is 2.10. The van der Waals surface area contributed by atoms with E-state index in [1.165, 1.54) is 38.2 Å². The predicted molar refractivity (Wildman–Crippen MR) is 74.0 cm³/mol. The minimum absolute atomic E-state index is 0.142. The van der Waals surface area contributed by atoms with Crippen molar-refractivity contribution in [1.82, 2.24) is 4.90 Å². The highest BCUT2D eigenvalue weighted by atomic mass is 19.1. The van der Waals surface area contributed by atoms with E-state index in [2.05, 4.69) is 11.9 Å². The van der Waals surface area contributed by atoms with Gasteiger partial charge in [0, 0.05) is 13.1 Å². The summed E-state index contributed by atoms with van der Waals surface area (Å²) in [6, 6.07) is 6.72. The topological polar surface area (TPSA) is 27.0 Å². The van der Waals surface area contributed by atoms with E-state index in [0.717, 1.165) is 24.6 Å². The number of nitrogens with zero attached hydrogens (tertiary/aromatic N) is 2. The minimum atomic E-state index is -0.429. The first-order valence-electron chi connectivity index (χ1n) is 7.06. The molecule has 2 rings (SSSR count). The number of nitriles is 1. The lowest BCUT2D eigenvalue weighted by Gasteiger charge is -2.27. The lowest BCUT2D eigenvalue weighted by Crippen LogP contribution is -2.26. The van der Waals surface area contributed by atoms with E-state index in [0.29, 0.717) is 0 Å². The molecule has 0 spiro atoms. The van der Waals surface area contributed by atoms with E-state index in [9.17, 15) is 4.39 Å². The van der Waals surface area contributed by atoms with Crippen molar-refractivity contribution in [3.05, 3.63) is 35.1 Å². The van der Waals surface area contributed by atoms with E-state index in [-0.39, 0.29) is 5.56 Å². The van der Waals surface area contributed by atoms with Crippen LogP contribution in [-0.2, 0) is 6.54 Å². The van der Waals surface area contributed by atoms with Crippen LogP contribution in [0.1, 0.15) is 43.2 Å². The smallest absolute Gasteiger partial charge is 0.140 e. The largest absolute Gasteiger partial charge is 0.302 e. The monoisotopic (exact) mass is 260 g/mol. The molecule has 0 N–H and O–H groups in total. The molecule has 0 aromatic heterocycles. The second kappa shape index (κ2) is 6.68. The fourth-order valence-corrected chi connectivity index (χ4v) is 2.94. The molecule has 1 aliphatic rings. The summed E-state index contributed by atoms with van der Waals surface area (Å²) in [6.45, 7) is 1.88. The van der Waals surface area contributed by atoms with Gasteiger partial charge in [-0.3, -0.25) is 0 Å². The van der Waals surface area contributed by atoms with Gasteiger partial charge in [-0.1, -0.05) is 25.3 Å². The molecule has 19 heavy (non-hydrogen) atoms. The van der Waals surface area contributed by atoms with Crippen LogP contribution in [0.3, 0.4) is 0 Å². The summed E-state index contributed by atoms with van der Waals surface area (Å²) in [5, 5.41) is 8.83. The molecule has 1 aromatic carbocycles. The van der Waals surface area contributed by atoms with Gasteiger partial charge in [-0.15, -0.1) is 0 Å². The summed E-state index contributed by atoms with van der Waals surface area (Å²) >= 11 is 0. The molecule has 1 aromatic rings. The molecular weight excluding hydrogens is 239 g/mol. The van der Waals surface area contributed by atoms with Gasteiger partial charge in [-0.2, -0.15) is 5.26 Å². The highest BCUT2D eigenvalue weighted by Crippen LogP contribution is 2.24. The molecule has 0 amide bonds. The zero-order valence-electron chi connectivity index (χ0n) is 11.5.